The molecular formula is C15H25N5O2. The first-order chi connectivity index (χ1) is 10.8. The normalized spacial score (nSPS) is 23.7. The summed E-state index contributed by atoms with van der Waals surface area (Å²) in [6, 6.07) is -0.0259. The molecule has 1 unspecified atom stereocenters. The van der Waals surface area contributed by atoms with Gasteiger partial charge in [-0.25, -0.2) is 4.98 Å². The van der Waals surface area contributed by atoms with Crippen LogP contribution in [-0.2, 0) is 22.5 Å². The van der Waals surface area contributed by atoms with Gasteiger partial charge in [0, 0.05) is 19.5 Å². The topological polar surface area (TPSA) is 74.4 Å². The highest BCUT2D eigenvalue weighted by molar-refractivity contribution is 5.82. The highest BCUT2D eigenvalue weighted by Gasteiger charge is 2.33. The Labute approximate surface area is 131 Å². The van der Waals surface area contributed by atoms with Crippen LogP contribution in [0.5, 0.6) is 0 Å². The fourth-order valence-electron chi connectivity index (χ4n) is 3.21. The van der Waals surface area contributed by atoms with Crippen molar-refractivity contribution in [1.29, 1.82) is 0 Å². The second-order valence-electron chi connectivity index (χ2n) is 5.97. The average Bonchev–Trinajstić information content (AvgIpc) is 3.03. The molecule has 0 aliphatic carbocycles. The van der Waals surface area contributed by atoms with Gasteiger partial charge in [-0.05, 0) is 19.4 Å². The van der Waals surface area contributed by atoms with E-state index in [2.05, 4.69) is 20.1 Å². The Morgan fingerprint density at radius 2 is 2.14 bits per heavy atom. The lowest BCUT2D eigenvalue weighted by atomic mass is 10.0. The monoisotopic (exact) mass is 307 g/mol. The maximum absolute atomic E-state index is 12.8. The van der Waals surface area contributed by atoms with Gasteiger partial charge in [-0.15, -0.1) is 0 Å². The number of morpholine rings is 1. The van der Waals surface area contributed by atoms with E-state index in [0.717, 1.165) is 43.9 Å². The van der Waals surface area contributed by atoms with E-state index < -0.39 is 0 Å². The molecule has 0 bridgehead atoms. The van der Waals surface area contributed by atoms with Crippen LogP contribution in [0.25, 0.3) is 0 Å². The zero-order valence-corrected chi connectivity index (χ0v) is 13.3. The Morgan fingerprint density at radius 1 is 1.32 bits per heavy atom. The first-order valence-electron chi connectivity index (χ1n) is 8.28. The van der Waals surface area contributed by atoms with Crippen molar-refractivity contribution in [2.24, 2.45) is 0 Å². The summed E-state index contributed by atoms with van der Waals surface area (Å²) in [7, 11) is 0. The molecule has 3 rings (SSSR count). The van der Waals surface area contributed by atoms with E-state index in [-0.39, 0.29) is 11.9 Å². The third-order valence-electron chi connectivity index (χ3n) is 4.47. The van der Waals surface area contributed by atoms with E-state index in [9.17, 15) is 4.79 Å². The minimum atomic E-state index is -0.0259. The van der Waals surface area contributed by atoms with Crippen LogP contribution in [0, 0.1) is 0 Å². The molecule has 2 aliphatic heterocycles. The maximum atomic E-state index is 12.8. The van der Waals surface area contributed by atoms with Crippen LogP contribution in [-0.4, -0.2) is 69.8 Å². The molecule has 1 atom stereocenters. The molecule has 7 heteroatoms. The predicted octanol–water partition coefficient (Wildman–Crippen LogP) is 0.580. The molecule has 7 nitrogen and oxygen atoms in total. The number of piperidine rings is 1. The molecule has 0 spiro atoms. The second kappa shape index (κ2) is 7.19. The van der Waals surface area contributed by atoms with Gasteiger partial charge in [-0.3, -0.25) is 14.8 Å². The number of aromatic nitrogens is 3. The highest BCUT2D eigenvalue weighted by atomic mass is 16.5. The van der Waals surface area contributed by atoms with Crippen molar-refractivity contribution in [2.75, 3.05) is 32.8 Å². The van der Waals surface area contributed by atoms with Gasteiger partial charge in [-0.2, -0.15) is 5.10 Å². The third-order valence-corrected chi connectivity index (χ3v) is 4.47. The minimum Gasteiger partial charge on any atom is -0.378 e. The van der Waals surface area contributed by atoms with Gasteiger partial charge in [0.15, 0.2) is 0 Å². The van der Waals surface area contributed by atoms with Crippen LogP contribution >= 0.6 is 0 Å². The van der Waals surface area contributed by atoms with Crippen molar-refractivity contribution in [1.82, 2.24) is 25.0 Å². The molecule has 1 amide bonds. The largest absolute Gasteiger partial charge is 0.378 e. The number of nitrogens with one attached hydrogen (secondary N) is 1. The zero-order valence-electron chi connectivity index (χ0n) is 13.3. The summed E-state index contributed by atoms with van der Waals surface area (Å²) in [4.78, 5) is 21.5. The predicted molar refractivity (Wildman–Crippen MR) is 81.2 cm³/mol. The van der Waals surface area contributed by atoms with E-state index in [1.165, 1.54) is 0 Å². The number of likely N-dealkylation sites (tertiary alicyclic amines) is 1. The number of carbonyl (C=O) groups excluding carboxylic acids is 1. The number of rotatable bonds is 4. The molecule has 1 aromatic rings. The standard InChI is InChI=1S/C15H25N5O2/c1-2-13-16-14(18-17-13)11-20-6-4-3-5-12(20)15(21)19-7-9-22-10-8-19/h12H,2-11H2,1H3,(H,16,17,18). The SMILES string of the molecule is CCc1n[nH]c(CN2CCCCC2C(=O)N2CCOCC2)n1. The second-order valence-corrected chi connectivity index (χ2v) is 5.97. The van der Waals surface area contributed by atoms with Gasteiger partial charge in [-0.1, -0.05) is 13.3 Å². The number of carbonyl (C=O) groups is 1. The molecule has 0 saturated carbocycles. The Bertz CT molecular complexity index is 498. The molecule has 2 saturated heterocycles. The minimum absolute atomic E-state index is 0.0259. The Morgan fingerprint density at radius 3 is 2.86 bits per heavy atom. The summed E-state index contributed by atoms with van der Waals surface area (Å²) >= 11 is 0. The van der Waals surface area contributed by atoms with Crippen molar-refractivity contribution < 1.29 is 9.53 Å². The van der Waals surface area contributed by atoms with E-state index >= 15 is 0 Å². The lowest BCUT2D eigenvalue weighted by Crippen LogP contribution is -2.53. The van der Waals surface area contributed by atoms with Gasteiger partial charge in [0.1, 0.15) is 11.6 Å². The maximum Gasteiger partial charge on any atom is 0.240 e. The number of H-pyrrole nitrogens is 1. The van der Waals surface area contributed by atoms with E-state index in [1.807, 2.05) is 11.8 Å². The summed E-state index contributed by atoms with van der Waals surface area (Å²) in [6.07, 6.45) is 4.02. The van der Waals surface area contributed by atoms with Crippen LogP contribution < -0.4 is 0 Å². The summed E-state index contributed by atoms with van der Waals surface area (Å²) in [5.41, 5.74) is 0. The van der Waals surface area contributed by atoms with Crippen LogP contribution in [0.3, 0.4) is 0 Å². The van der Waals surface area contributed by atoms with Gasteiger partial charge in [0.05, 0.1) is 25.8 Å². The van der Waals surface area contributed by atoms with E-state index in [1.54, 1.807) is 0 Å². The third kappa shape index (κ3) is 3.47. The van der Waals surface area contributed by atoms with Gasteiger partial charge < -0.3 is 9.64 Å². The van der Waals surface area contributed by atoms with Crippen LogP contribution in [0.15, 0.2) is 0 Å². The van der Waals surface area contributed by atoms with Crippen LogP contribution in [0.1, 0.15) is 37.8 Å². The number of ether oxygens (including phenoxy) is 1. The summed E-state index contributed by atoms with van der Waals surface area (Å²) in [6.45, 7) is 6.40. The Hall–Kier alpha value is -1.47. The Kier molecular flexibility index (Phi) is 5.04. The first-order valence-corrected chi connectivity index (χ1v) is 8.28. The molecule has 2 fully saturated rings. The molecule has 3 heterocycles. The van der Waals surface area contributed by atoms with Crippen molar-refractivity contribution in [3.63, 3.8) is 0 Å². The van der Waals surface area contributed by atoms with Crippen LogP contribution in [0.2, 0.25) is 0 Å². The smallest absolute Gasteiger partial charge is 0.240 e. The number of aromatic amines is 1. The molecule has 22 heavy (non-hydrogen) atoms. The highest BCUT2D eigenvalue weighted by Crippen LogP contribution is 2.21. The lowest BCUT2D eigenvalue weighted by molar-refractivity contribution is -0.142. The molecule has 122 valence electrons. The fraction of sp³-hybridized carbons (Fsp3) is 0.800. The molecule has 1 N–H and O–H groups in total. The lowest BCUT2D eigenvalue weighted by Gasteiger charge is -2.38. The van der Waals surface area contributed by atoms with E-state index in [4.69, 9.17) is 4.74 Å². The fourth-order valence-corrected chi connectivity index (χ4v) is 3.21. The summed E-state index contributed by atoms with van der Waals surface area (Å²) in [5.74, 6) is 1.94. The number of aryl methyl sites for hydroxylation is 1. The average molecular weight is 307 g/mol. The summed E-state index contributed by atoms with van der Waals surface area (Å²) in [5, 5.41) is 7.18. The van der Waals surface area contributed by atoms with Gasteiger partial charge in [0.2, 0.25) is 5.91 Å². The van der Waals surface area contributed by atoms with E-state index in [0.29, 0.717) is 32.8 Å². The van der Waals surface area contributed by atoms with Gasteiger partial charge >= 0.3 is 0 Å². The number of hydrogen-bond donors (Lipinski definition) is 1. The van der Waals surface area contributed by atoms with Crippen molar-refractivity contribution in [2.45, 2.75) is 45.2 Å². The number of hydrogen-bond acceptors (Lipinski definition) is 5. The van der Waals surface area contributed by atoms with Crippen LogP contribution in [0.4, 0.5) is 0 Å². The van der Waals surface area contributed by atoms with Gasteiger partial charge in [0.25, 0.3) is 0 Å². The number of nitrogens with zero attached hydrogens (tertiary/aromatic N) is 4. The molecule has 2 aliphatic rings. The van der Waals surface area contributed by atoms with Crippen molar-refractivity contribution in [3.8, 4) is 0 Å². The Balaban J connectivity index is 1.66. The summed E-state index contributed by atoms with van der Waals surface area (Å²) < 4.78 is 5.34. The first kappa shape index (κ1) is 15.4. The molecular weight excluding hydrogens is 282 g/mol. The van der Waals surface area contributed by atoms with Crippen molar-refractivity contribution >= 4 is 5.91 Å². The molecule has 0 radical (unpaired) electrons. The molecule has 1 aromatic heterocycles. The quantitative estimate of drug-likeness (QED) is 0.881. The number of amides is 1. The van der Waals surface area contributed by atoms with Crippen molar-refractivity contribution in [3.05, 3.63) is 11.6 Å². The molecule has 0 aromatic carbocycles. The zero-order chi connectivity index (χ0) is 15.4.